The van der Waals surface area contributed by atoms with Gasteiger partial charge in [0, 0.05) is 49.4 Å². The standard InChI is InChI=1S/C26H34N6O2/c1-16(2)13-32-15-20(21-12-29-31(4)14-21)10-24(26(32)34)30-22-7-5-18(9-17(22)3)19-6-8-23(25(27)33)28-11-19/h6,8,10-12,14-18,22,30H,5,7,9,13H2,1-4H3,(H2,27,33). The Balaban J connectivity index is 1.54. The van der Waals surface area contributed by atoms with Gasteiger partial charge >= 0.3 is 0 Å². The van der Waals surface area contributed by atoms with E-state index in [9.17, 15) is 9.59 Å². The van der Waals surface area contributed by atoms with Crippen molar-refractivity contribution in [2.24, 2.45) is 24.6 Å². The van der Waals surface area contributed by atoms with E-state index in [-0.39, 0.29) is 11.6 Å². The molecule has 8 heteroatoms. The predicted molar refractivity (Wildman–Crippen MR) is 134 cm³/mol. The van der Waals surface area contributed by atoms with Gasteiger partial charge < -0.3 is 15.6 Å². The largest absolute Gasteiger partial charge is 0.378 e. The molecule has 1 fully saturated rings. The highest BCUT2D eigenvalue weighted by Crippen LogP contribution is 2.37. The van der Waals surface area contributed by atoms with Gasteiger partial charge in [0.2, 0.25) is 0 Å². The third-order valence-electron chi connectivity index (χ3n) is 6.71. The number of carbonyl (C=O) groups excluding carboxylic acids is 1. The highest BCUT2D eigenvalue weighted by molar-refractivity contribution is 5.90. The van der Waals surface area contributed by atoms with Gasteiger partial charge in [0.25, 0.3) is 11.5 Å². The maximum atomic E-state index is 13.3. The van der Waals surface area contributed by atoms with Crippen LogP contribution in [0.5, 0.6) is 0 Å². The van der Waals surface area contributed by atoms with Crippen LogP contribution in [0.25, 0.3) is 11.1 Å². The molecule has 3 aromatic rings. The van der Waals surface area contributed by atoms with E-state index >= 15 is 0 Å². The second-order valence-electron chi connectivity index (χ2n) is 9.98. The second-order valence-corrected chi connectivity index (χ2v) is 9.98. The molecule has 1 aliphatic rings. The summed E-state index contributed by atoms with van der Waals surface area (Å²) in [7, 11) is 1.89. The summed E-state index contributed by atoms with van der Waals surface area (Å²) in [6, 6.07) is 5.83. The average molecular weight is 463 g/mol. The van der Waals surface area contributed by atoms with Crippen molar-refractivity contribution in [1.82, 2.24) is 19.3 Å². The Kier molecular flexibility index (Phi) is 6.86. The summed E-state index contributed by atoms with van der Waals surface area (Å²) in [5.74, 6) is 0.597. The van der Waals surface area contributed by atoms with Crippen LogP contribution >= 0.6 is 0 Å². The zero-order valence-corrected chi connectivity index (χ0v) is 20.4. The number of pyridine rings is 2. The van der Waals surface area contributed by atoms with E-state index in [2.05, 4.69) is 36.2 Å². The molecule has 1 saturated carbocycles. The van der Waals surface area contributed by atoms with Crippen LogP contribution in [0.15, 0.2) is 47.8 Å². The Morgan fingerprint density at radius 2 is 2.00 bits per heavy atom. The number of amides is 1. The lowest BCUT2D eigenvalue weighted by atomic mass is 9.76. The molecular formula is C26H34N6O2. The highest BCUT2D eigenvalue weighted by atomic mass is 16.1. The summed E-state index contributed by atoms with van der Waals surface area (Å²) in [6.45, 7) is 7.12. The van der Waals surface area contributed by atoms with Crippen molar-refractivity contribution in [3.63, 3.8) is 0 Å². The van der Waals surface area contributed by atoms with E-state index in [1.807, 2.05) is 42.3 Å². The van der Waals surface area contributed by atoms with Crippen molar-refractivity contribution < 1.29 is 4.79 Å². The quantitative estimate of drug-likeness (QED) is 0.555. The van der Waals surface area contributed by atoms with Gasteiger partial charge in [-0.15, -0.1) is 0 Å². The molecule has 0 aromatic carbocycles. The first kappa shape index (κ1) is 23.7. The first-order chi connectivity index (χ1) is 16.2. The van der Waals surface area contributed by atoms with Crippen LogP contribution in [-0.2, 0) is 13.6 Å². The second kappa shape index (κ2) is 9.83. The summed E-state index contributed by atoms with van der Waals surface area (Å²) in [5.41, 5.74) is 9.37. The van der Waals surface area contributed by atoms with Crippen LogP contribution in [-0.4, -0.2) is 31.3 Å². The van der Waals surface area contributed by atoms with Crippen LogP contribution in [0, 0.1) is 11.8 Å². The molecule has 3 aromatic heterocycles. The summed E-state index contributed by atoms with van der Waals surface area (Å²) in [5, 5.41) is 7.88. The molecule has 34 heavy (non-hydrogen) atoms. The predicted octanol–water partition coefficient (Wildman–Crippen LogP) is 3.78. The molecule has 1 aliphatic carbocycles. The van der Waals surface area contributed by atoms with Gasteiger partial charge in [0.15, 0.2) is 0 Å². The molecule has 0 saturated heterocycles. The normalized spacial score (nSPS) is 20.4. The minimum absolute atomic E-state index is 0.0157. The number of hydrogen-bond acceptors (Lipinski definition) is 5. The SMILES string of the molecule is CC(C)Cn1cc(-c2cnn(C)c2)cc(NC2CCC(c3ccc(C(N)=O)nc3)CC2C)c1=O. The van der Waals surface area contributed by atoms with Crippen molar-refractivity contribution in [1.29, 1.82) is 0 Å². The lowest BCUT2D eigenvalue weighted by Crippen LogP contribution is -2.36. The van der Waals surface area contributed by atoms with Crippen molar-refractivity contribution in [3.8, 4) is 11.1 Å². The molecule has 3 heterocycles. The fourth-order valence-electron chi connectivity index (χ4n) is 4.90. The minimum atomic E-state index is -0.510. The lowest BCUT2D eigenvalue weighted by Gasteiger charge is -2.35. The first-order valence-corrected chi connectivity index (χ1v) is 12.0. The Morgan fingerprint density at radius 1 is 1.21 bits per heavy atom. The fraction of sp³-hybridized carbons (Fsp3) is 0.462. The Labute approximate surface area is 200 Å². The van der Waals surface area contributed by atoms with Gasteiger partial charge in [-0.1, -0.05) is 26.8 Å². The molecule has 4 rings (SSSR count). The van der Waals surface area contributed by atoms with E-state index in [1.54, 1.807) is 16.9 Å². The number of carbonyl (C=O) groups is 1. The topological polar surface area (TPSA) is 108 Å². The molecule has 0 spiro atoms. The van der Waals surface area contributed by atoms with E-state index in [0.717, 1.165) is 36.0 Å². The van der Waals surface area contributed by atoms with Crippen LogP contribution in [0.1, 0.15) is 62.0 Å². The molecule has 8 nitrogen and oxygen atoms in total. The number of rotatable bonds is 7. The Morgan fingerprint density at radius 3 is 2.59 bits per heavy atom. The maximum absolute atomic E-state index is 13.3. The molecule has 0 bridgehead atoms. The van der Waals surface area contributed by atoms with Crippen molar-refractivity contribution in [3.05, 3.63) is 64.6 Å². The van der Waals surface area contributed by atoms with Crippen molar-refractivity contribution in [2.75, 3.05) is 5.32 Å². The maximum Gasteiger partial charge on any atom is 0.273 e. The van der Waals surface area contributed by atoms with Crippen LogP contribution < -0.4 is 16.6 Å². The molecule has 3 N–H and O–H groups in total. The molecule has 0 radical (unpaired) electrons. The zero-order valence-electron chi connectivity index (χ0n) is 20.4. The van der Waals surface area contributed by atoms with Gasteiger partial charge in [-0.05, 0) is 54.7 Å². The number of primary amides is 1. The zero-order chi connectivity index (χ0) is 24.4. The molecule has 3 unspecified atom stereocenters. The van der Waals surface area contributed by atoms with Gasteiger partial charge in [-0.2, -0.15) is 5.10 Å². The van der Waals surface area contributed by atoms with E-state index < -0.39 is 5.91 Å². The summed E-state index contributed by atoms with van der Waals surface area (Å²) in [6.07, 6.45) is 10.4. The van der Waals surface area contributed by atoms with E-state index in [1.165, 1.54) is 0 Å². The number of nitrogens with zero attached hydrogens (tertiary/aromatic N) is 4. The Bertz CT molecular complexity index is 1210. The molecular weight excluding hydrogens is 428 g/mol. The number of aromatic nitrogens is 4. The van der Waals surface area contributed by atoms with E-state index in [0.29, 0.717) is 35.7 Å². The molecule has 1 amide bonds. The van der Waals surface area contributed by atoms with Crippen molar-refractivity contribution >= 4 is 11.6 Å². The minimum Gasteiger partial charge on any atom is -0.378 e. The van der Waals surface area contributed by atoms with Crippen LogP contribution in [0.4, 0.5) is 5.69 Å². The first-order valence-electron chi connectivity index (χ1n) is 12.0. The molecule has 3 atom stereocenters. The number of anilines is 1. The molecule has 180 valence electrons. The fourth-order valence-corrected chi connectivity index (χ4v) is 4.90. The average Bonchev–Trinajstić information content (AvgIpc) is 3.23. The summed E-state index contributed by atoms with van der Waals surface area (Å²) >= 11 is 0. The lowest BCUT2D eigenvalue weighted by molar-refractivity contribution is 0.0995. The van der Waals surface area contributed by atoms with E-state index in [4.69, 9.17) is 5.73 Å². The van der Waals surface area contributed by atoms with Crippen LogP contribution in [0.2, 0.25) is 0 Å². The monoisotopic (exact) mass is 462 g/mol. The van der Waals surface area contributed by atoms with Gasteiger partial charge in [0.1, 0.15) is 11.4 Å². The highest BCUT2D eigenvalue weighted by Gasteiger charge is 2.29. The van der Waals surface area contributed by atoms with Crippen molar-refractivity contribution in [2.45, 2.75) is 58.5 Å². The third-order valence-corrected chi connectivity index (χ3v) is 6.71. The number of nitrogens with two attached hydrogens (primary N) is 1. The smallest absolute Gasteiger partial charge is 0.273 e. The van der Waals surface area contributed by atoms with Gasteiger partial charge in [-0.25, -0.2) is 0 Å². The number of nitrogens with one attached hydrogen (secondary N) is 1. The number of aryl methyl sites for hydroxylation is 1. The Hall–Kier alpha value is -3.42. The molecule has 0 aliphatic heterocycles. The third kappa shape index (κ3) is 5.21. The summed E-state index contributed by atoms with van der Waals surface area (Å²) in [4.78, 5) is 28.8. The summed E-state index contributed by atoms with van der Waals surface area (Å²) < 4.78 is 3.59. The van der Waals surface area contributed by atoms with Crippen LogP contribution in [0.3, 0.4) is 0 Å². The van der Waals surface area contributed by atoms with Gasteiger partial charge in [-0.3, -0.25) is 19.3 Å². The number of hydrogen-bond donors (Lipinski definition) is 2. The van der Waals surface area contributed by atoms with Gasteiger partial charge in [0.05, 0.1) is 6.20 Å².